The standard InChI is InChI=1S/C10H19NO/c1-12-7-8-2-5-10(11-6-8)9-3-4-9/h8-11H,2-7H2,1H3. The third-order valence-corrected chi connectivity index (χ3v) is 3.15. The molecular weight excluding hydrogens is 150 g/mol. The smallest absolute Gasteiger partial charge is 0.0502 e. The minimum absolute atomic E-state index is 0.769. The fourth-order valence-electron chi connectivity index (χ4n) is 2.22. The summed E-state index contributed by atoms with van der Waals surface area (Å²) in [6.45, 7) is 2.11. The van der Waals surface area contributed by atoms with Gasteiger partial charge in [0.25, 0.3) is 0 Å². The van der Waals surface area contributed by atoms with E-state index in [-0.39, 0.29) is 0 Å². The first-order chi connectivity index (χ1) is 5.90. The molecule has 2 atom stereocenters. The van der Waals surface area contributed by atoms with E-state index in [0.717, 1.165) is 24.5 Å². The molecule has 1 saturated heterocycles. The topological polar surface area (TPSA) is 21.3 Å². The summed E-state index contributed by atoms with van der Waals surface area (Å²) < 4.78 is 5.15. The third kappa shape index (κ3) is 1.99. The van der Waals surface area contributed by atoms with Crippen LogP contribution in [0.2, 0.25) is 0 Å². The van der Waals surface area contributed by atoms with E-state index < -0.39 is 0 Å². The Hall–Kier alpha value is -0.0800. The van der Waals surface area contributed by atoms with Crippen molar-refractivity contribution in [3.63, 3.8) is 0 Å². The van der Waals surface area contributed by atoms with Crippen LogP contribution >= 0.6 is 0 Å². The Morgan fingerprint density at radius 1 is 1.25 bits per heavy atom. The van der Waals surface area contributed by atoms with Crippen LogP contribution in [-0.2, 0) is 4.74 Å². The fraction of sp³-hybridized carbons (Fsp3) is 1.00. The second kappa shape index (κ2) is 3.75. The maximum atomic E-state index is 5.15. The monoisotopic (exact) mass is 169 g/mol. The van der Waals surface area contributed by atoms with Crippen LogP contribution < -0.4 is 5.32 Å². The van der Waals surface area contributed by atoms with E-state index in [0.29, 0.717) is 0 Å². The van der Waals surface area contributed by atoms with Gasteiger partial charge >= 0.3 is 0 Å². The zero-order valence-corrected chi connectivity index (χ0v) is 7.88. The summed E-state index contributed by atoms with van der Waals surface area (Å²) in [4.78, 5) is 0. The highest BCUT2D eigenvalue weighted by Gasteiger charge is 2.33. The number of hydrogen-bond acceptors (Lipinski definition) is 2. The first kappa shape index (κ1) is 8.52. The highest BCUT2D eigenvalue weighted by atomic mass is 16.5. The fourth-order valence-corrected chi connectivity index (χ4v) is 2.22. The highest BCUT2D eigenvalue weighted by Crippen LogP contribution is 2.36. The number of hydrogen-bond donors (Lipinski definition) is 1. The van der Waals surface area contributed by atoms with E-state index in [4.69, 9.17) is 4.74 Å². The van der Waals surface area contributed by atoms with Crippen LogP contribution in [0.1, 0.15) is 25.7 Å². The van der Waals surface area contributed by atoms with Gasteiger partial charge in [0.1, 0.15) is 0 Å². The summed E-state index contributed by atoms with van der Waals surface area (Å²) in [5.74, 6) is 1.79. The molecule has 2 heteroatoms. The lowest BCUT2D eigenvalue weighted by Gasteiger charge is -2.29. The maximum Gasteiger partial charge on any atom is 0.0502 e. The van der Waals surface area contributed by atoms with E-state index in [1.54, 1.807) is 7.11 Å². The molecule has 2 fully saturated rings. The molecule has 70 valence electrons. The van der Waals surface area contributed by atoms with Gasteiger partial charge in [0.15, 0.2) is 0 Å². The van der Waals surface area contributed by atoms with Crippen molar-refractivity contribution in [2.45, 2.75) is 31.7 Å². The summed E-state index contributed by atoms with van der Waals surface area (Å²) in [7, 11) is 1.80. The number of methoxy groups -OCH3 is 1. The number of rotatable bonds is 3. The molecule has 2 unspecified atom stereocenters. The van der Waals surface area contributed by atoms with Gasteiger partial charge in [-0.2, -0.15) is 0 Å². The molecule has 2 nitrogen and oxygen atoms in total. The molecule has 0 aromatic heterocycles. The first-order valence-corrected chi connectivity index (χ1v) is 5.12. The normalized spacial score (nSPS) is 36.8. The van der Waals surface area contributed by atoms with Crippen LogP contribution in [-0.4, -0.2) is 26.3 Å². The van der Waals surface area contributed by atoms with E-state index >= 15 is 0 Å². The number of nitrogens with one attached hydrogen (secondary N) is 1. The minimum atomic E-state index is 0.769. The molecule has 0 spiro atoms. The van der Waals surface area contributed by atoms with E-state index in [9.17, 15) is 0 Å². The van der Waals surface area contributed by atoms with E-state index in [1.165, 1.54) is 32.2 Å². The van der Waals surface area contributed by atoms with Gasteiger partial charge < -0.3 is 10.1 Å². The molecule has 1 saturated carbocycles. The Balaban J connectivity index is 1.69. The number of ether oxygens (including phenoxy) is 1. The van der Waals surface area contributed by atoms with Crippen LogP contribution in [0, 0.1) is 11.8 Å². The van der Waals surface area contributed by atoms with Crippen molar-refractivity contribution in [2.24, 2.45) is 11.8 Å². The number of piperidine rings is 1. The van der Waals surface area contributed by atoms with Gasteiger partial charge in [0, 0.05) is 19.7 Å². The molecule has 2 aliphatic rings. The van der Waals surface area contributed by atoms with E-state index in [2.05, 4.69) is 5.32 Å². The van der Waals surface area contributed by atoms with Crippen LogP contribution in [0.3, 0.4) is 0 Å². The molecule has 12 heavy (non-hydrogen) atoms. The average molecular weight is 169 g/mol. The highest BCUT2D eigenvalue weighted by molar-refractivity contribution is 4.89. The molecule has 0 bridgehead atoms. The van der Waals surface area contributed by atoms with Gasteiger partial charge in [0.2, 0.25) is 0 Å². The Morgan fingerprint density at radius 3 is 2.58 bits per heavy atom. The Morgan fingerprint density at radius 2 is 2.08 bits per heavy atom. The molecule has 1 N–H and O–H groups in total. The molecule has 2 rings (SSSR count). The molecule has 0 aromatic carbocycles. The van der Waals surface area contributed by atoms with Crippen LogP contribution in [0.4, 0.5) is 0 Å². The second-order valence-electron chi connectivity index (χ2n) is 4.25. The summed E-state index contributed by atoms with van der Waals surface area (Å²) in [5, 5.41) is 3.64. The Bertz CT molecular complexity index is 137. The van der Waals surface area contributed by atoms with Gasteiger partial charge in [0.05, 0.1) is 6.61 Å². The lowest BCUT2D eigenvalue weighted by Crippen LogP contribution is -2.41. The SMILES string of the molecule is COCC1CCC(C2CC2)NC1. The van der Waals surface area contributed by atoms with Crippen LogP contribution in [0.25, 0.3) is 0 Å². The second-order valence-corrected chi connectivity index (χ2v) is 4.25. The van der Waals surface area contributed by atoms with Crippen LogP contribution in [0.5, 0.6) is 0 Å². The molecule has 1 aliphatic heterocycles. The molecular formula is C10H19NO. The zero-order chi connectivity index (χ0) is 8.39. The molecule has 0 aromatic rings. The van der Waals surface area contributed by atoms with Crippen molar-refractivity contribution in [3.05, 3.63) is 0 Å². The summed E-state index contributed by atoms with van der Waals surface area (Å²) in [6.07, 6.45) is 5.67. The van der Waals surface area contributed by atoms with Crippen molar-refractivity contribution in [2.75, 3.05) is 20.3 Å². The average Bonchev–Trinajstić information content (AvgIpc) is 2.89. The minimum Gasteiger partial charge on any atom is -0.384 e. The molecule has 1 aliphatic carbocycles. The Kier molecular flexibility index (Phi) is 2.66. The lowest BCUT2D eigenvalue weighted by atomic mass is 9.93. The van der Waals surface area contributed by atoms with Gasteiger partial charge in [-0.25, -0.2) is 0 Å². The van der Waals surface area contributed by atoms with Crippen molar-refractivity contribution in [1.29, 1.82) is 0 Å². The van der Waals surface area contributed by atoms with Crippen molar-refractivity contribution in [3.8, 4) is 0 Å². The molecule has 1 heterocycles. The predicted molar refractivity (Wildman–Crippen MR) is 49.1 cm³/mol. The molecule has 0 amide bonds. The first-order valence-electron chi connectivity index (χ1n) is 5.12. The van der Waals surface area contributed by atoms with Crippen LogP contribution in [0.15, 0.2) is 0 Å². The van der Waals surface area contributed by atoms with Gasteiger partial charge in [-0.15, -0.1) is 0 Å². The van der Waals surface area contributed by atoms with Crippen molar-refractivity contribution >= 4 is 0 Å². The van der Waals surface area contributed by atoms with Gasteiger partial charge in [-0.1, -0.05) is 0 Å². The van der Waals surface area contributed by atoms with Gasteiger partial charge in [-0.05, 0) is 37.5 Å². The summed E-state index contributed by atoms with van der Waals surface area (Å²) >= 11 is 0. The largest absolute Gasteiger partial charge is 0.384 e. The Labute approximate surface area is 74.7 Å². The zero-order valence-electron chi connectivity index (χ0n) is 7.88. The summed E-state index contributed by atoms with van der Waals surface area (Å²) in [6, 6.07) is 0.845. The lowest BCUT2D eigenvalue weighted by molar-refractivity contribution is 0.127. The predicted octanol–water partition coefficient (Wildman–Crippen LogP) is 1.41. The quantitative estimate of drug-likeness (QED) is 0.689. The van der Waals surface area contributed by atoms with Crippen molar-refractivity contribution in [1.82, 2.24) is 5.32 Å². The third-order valence-electron chi connectivity index (χ3n) is 3.15. The van der Waals surface area contributed by atoms with E-state index in [1.807, 2.05) is 0 Å². The maximum absolute atomic E-state index is 5.15. The summed E-state index contributed by atoms with van der Waals surface area (Å²) in [5.41, 5.74) is 0. The van der Waals surface area contributed by atoms with Gasteiger partial charge in [-0.3, -0.25) is 0 Å². The molecule has 0 radical (unpaired) electrons. The van der Waals surface area contributed by atoms with Crippen molar-refractivity contribution < 1.29 is 4.74 Å².